The molecule has 1 unspecified atom stereocenters. The summed E-state index contributed by atoms with van der Waals surface area (Å²) in [5, 5.41) is 11.5. The first-order chi connectivity index (χ1) is 8.52. The van der Waals surface area contributed by atoms with Crippen molar-refractivity contribution in [1.29, 1.82) is 5.26 Å². The second kappa shape index (κ2) is 4.74. The lowest BCUT2D eigenvalue weighted by Crippen LogP contribution is -2.36. The Kier molecular flexibility index (Phi) is 3.30. The molecule has 18 heavy (non-hydrogen) atoms. The van der Waals surface area contributed by atoms with Crippen molar-refractivity contribution in [2.24, 2.45) is 0 Å². The van der Waals surface area contributed by atoms with Gasteiger partial charge in [-0.25, -0.2) is 8.42 Å². The number of nitrogens with zero attached hydrogens (tertiary/aromatic N) is 2. The van der Waals surface area contributed by atoms with Gasteiger partial charge in [-0.2, -0.15) is 5.26 Å². The van der Waals surface area contributed by atoms with Gasteiger partial charge in [0.15, 0.2) is 9.84 Å². The smallest absolute Gasteiger partial charge is 0.254 e. The SMILES string of the molecule is N#Cc1ccncc1C(=O)NC1CCS(=O)(=O)C1. The van der Waals surface area contributed by atoms with E-state index in [2.05, 4.69) is 10.3 Å². The van der Waals surface area contributed by atoms with Crippen molar-refractivity contribution < 1.29 is 13.2 Å². The summed E-state index contributed by atoms with van der Waals surface area (Å²) < 4.78 is 22.5. The molecule has 0 radical (unpaired) electrons. The Morgan fingerprint density at radius 3 is 2.94 bits per heavy atom. The van der Waals surface area contributed by atoms with Crippen molar-refractivity contribution in [3.63, 3.8) is 0 Å². The fraction of sp³-hybridized carbons (Fsp3) is 0.364. The van der Waals surface area contributed by atoms with Gasteiger partial charge in [0.05, 0.1) is 22.6 Å². The monoisotopic (exact) mass is 265 g/mol. The number of nitrogens with one attached hydrogen (secondary N) is 1. The van der Waals surface area contributed by atoms with E-state index in [9.17, 15) is 13.2 Å². The first-order valence-corrected chi connectivity index (χ1v) is 7.19. The predicted molar refractivity (Wildman–Crippen MR) is 63.5 cm³/mol. The van der Waals surface area contributed by atoms with Crippen molar-refractivity contribution in [2.45, 2.75) is 12.5 Å². The standard InChI is InChI=1S/C11H11N3O3S/c12-5-8-1-3-13-6-10(8)11(15)14-9-2-4-18(16,17)7-9/h1,3,6,9H,2,4,7H2,(H,14,15). The van der Waals surface area contributed by atoms with E-state index < -0.39 is 15.7 Å². The molecule has 0 spiro atoms. The van der Waals surface area contributed by atoms with Crippen LogP contribution in [-0.2, 0) is 9.84 Å². The number of aromatic nitrogens is 1. The summed E-state index contributed by atoms with van der Waals surface area (Å²) in [5.74, 6) is -0.404. The summed E-state index contributed by atoms with van der Waals surface area (Å²) in [4.78, 5) is 15.7. The number of rotatable bonds is 2. The highest BCUT2D eigenvalue weighted by molar-refractivity contribution is 7.91. The number of nitriles is 1. The summed E-state index contributed by atoms with van der Waals surface area (Å²) in [7, 11) is -3.03. The lowest BCUT2D eigenvalue weighted by Gasteiger charge is -2.11. The average Bonchev–Trinajstić information content (AvgIpc) is 2.68. The van der Waals surface area contributed by atoms with Crippen molar-refractivity contribution in [2.75, 3.05) is 11.5 Å². The molecule has 0 bridgehead atoms. The van der Waals surface area contributed by atoms with Crippen LogP contribution in [0.15, 0.2) is 18.5 Å². The van der Waals surface area contributed by atoms with Crippen molar-refractivity contribution in [3.05, 3.63) is 29.6 Å². The van der Waals surface area contributed by atoms with E-state index >= 15 is 0 Å². The minimum atomic E-state index is -3.03. The van der Waals surface area contributed by atoms with Gasteiger partial charge in [0, 0.05) is 18.4 Å². The van der Waals surface area contributed by atoms with E-state index in [0.717, 1.165) is 0 Å². The van der Waals surface area contributed by atoms with Crippen LogP contribution in [0.2, 0.25) is 0 Å². The van der Waals surface area contributed by atoms with Crippen molar-refractivity contribution >= 4 is 15.7 Å². The summed E-state index contributed by atoms with van der Waals surface area (Å²) in [5.41, 5.74) is 0.396. The molecule has 1 aromatic heterocycles. The normalized spacial score (nSPS) is 21.2. The summed E-state index contributed by atoms with van der Waals surface area (Å²) >= 11 is 0. The van der Waals surface area contributed by atoms with Gasteiger partial charge in [-0.15, -0.1) is 0 Å². The van der Waals surface area contributed by atoms with Crippen molar-refractivity contribution in [1.82, 2.24) is 10.3 Å². The first kappa shape index (κ1) is 12.5. The fourth-order valence-electron chi connectivity index (χ4n) is 1.84. The number of pyridine rings is 1. The van der Waals surface area contributed by atoms with Crippen LogP contribution in [0.1, 0.15) is 22.3 Å². The number of amides is 1. The second-order valence-corrected chi connectivity index (χ2v) is 6.34. The van der Waals surface area contributed by atoms with Crippen LogP contribution >= 0.6 is 0 Å². The molecule has 94 valence electrons. The highest BCUT2D eigenvalue weighted by Gasteiger charge is 2.29. The maximum Gasteiger partial charge on any atom is 0.254 e. The van der Waals surface area contributed by atoms with Crippen molar-refractivity contribution in [3.8, 4) is 6.07 Å². The molecule has 0 aliphatic carbocycles. The zero-order valence-electron chi connectivity index (χ0n) is 9.46. The lowest BCUT2D eigenvalue weighted by molar-refractivity contribution is 0.0940. The maximum atomic E-state index is 11.9. The minimum Gasteiger partial charge on any atom is -0.348 e. The third-order valence-corrected chi connectivity index (χ3v) is 4.52. The molecule has 1 aliphatic rings. The molecule has 1 aliphatic heterocycles. The molecule has 1 aromatic rings. The number of hydrogen-bond acceptors (Lipinski definition) is 5. The molecule has 1 saturated heterocycles. The molecule has 6 nitrogen and oxygen atoms in total. The number of carbonyl (C=O) groups is 1. The Balaban J connectivity index is 2.12. The molecule has 2 rings (SSSR count). The van der Waals surface area contributed by atoms with Crippen LogP contribution in [0.3, 0.4) is 0 Å². The minimum absolute atomic E-state index is 0.0408. The largest absolute Gasteiger partial charge is 0.348 e. The topological polar surface area (TPSA) is 99.9 Å². The van der Waals surface area contributed by atoms with Gasteiger partial charge in [-0.05, 0) is 12.5 Å². The average molecular weight is 265 g/mol. The Morgan fingerprint density at radius 2 is 2.33 bits per heavy atom. The molecular weight excluding hydrogens is 254 g/mol. The first-order valence-electron chi connectivity index (χ1n) is 5.37. The zero-order valence-corrected chi connectivity index (χ0v) is 10.3. The number of hydrogen-bond donors (Lipinski definition) is 1. The lowest BCUT2D eigenvalue weighted by atomic mass is 10.1. The summed E-state index contributed by atoms with van der Waals surface area (Å²) in [6, 6.07) is 2.96. The van der Waals surface area contributed by atoms with Crippen LogP contribution in [0.25, 0.3) is 0 Å². The van der Waals surface area contributed by atoms with Crippen LogP contribution in [0.5, 0.6) is 0 Å². The molecule has 1 amide bonds. The third-order valence-electron chi connectivity index (χ3n) is 2.75. The van der Waals surface area contributed by atoms with E-state index in [-0.39, 0.29) is 28.7 Å². The van der Waals surface area contributed by atoms with Gasteiger partial charge < -0.3 is 5.32 Å². The molecule has 1 N–H and O–H groups in total. The Bertz CT molecular complexity index is 619. The van der Waals surface area contributed by atoms with Crippen LogP contribution in [0.4, 0.5) is 0 Å². The molecule has 0 aromatic carbocycles. The third kappa shape index (κ3) is 2.65. The molecular formula is C11H11N3O3S. The molecule has 1 atom stereocenters. The molecule has 1 fully saturated rings. The van der Waals surface area contributed by atoms with Gasteiger partial charge in [-0.1, -0.05) is 0 Å². The van der Waals surface area contributed by atoms with Gasteiger partial charge in [0.2, 0.25) is 0 Å². The van der Waals surface area contributed by atoms with E-state index in [1.807, 2.05) is 6.07 Å². The number of sulfone groups is 1. The fourth-order valence-corrected chi connectivity index (χ4v) is 3.52. The molecule has 0 saturated carbocycles. The van der Waals surface area contributed by atoms with Gasteiger partial charge in [0.1, 0.15) is 6.07 Å². The van der Waals surface area contributed by atoms with Crippen LogP contribution in [-0.4, -0.2) is 36.9 Å². The van der Waals surface area contributed by atoms with Gasteiger partial charge >= 0.3 is 0 Å². The summed E-state index contributed by atoms with van der Waals surface area (Å²) in [6.45, 7) is 0. The zero-order chi connectivity index (χ0) is 13.2. The van der Waals surface area contributed by atoms with E-state index in [1.54, 1.807) is 0 Å². The Labute approximate surface area is 105 Å². The quantitative estimate of drug-likeness (QED) is 0.803. The second-order valence-electron chi connectivity index (χ2n) is 4.11. The summed E-state index contributed by atoms with van der Waals surface area (Å²) in [6.07, 6.45) is 3.14. The van der Waals surface area contributed by atoms with Crippen LogP contribution < -0.4 is 5.32 Å². The Morgan fingerprint density at radius 1 is 1.56 bits per heavy atom. The van der Waals surface area contributed by atoms with Gasteiger partial charge in [-0.3, -0.25) is 9.78 Å². The predicted octanol–water partition coefficient (Wildman–Crippen LogP) is -0.130. The Hall–Kier alpha value is -1.94. The van der Waals surface area contributed by atoms with Crippen LogP contribution in [0, 0.1) is 11.3 Å². The highest BCUT2D eigenvalue weighted by atomic mass is 32.2. The maximum absolute atomic E-state index is 11.9. The van der Waals surface area contributed by atoms with E-state index in [0.29, 0.717) is 6.42 Å². The van der Waals surface area contributed by atoms with E-state index in [1.165, 1.54) is 18.5 Å². The highest BCUT2D eigenvalue weighted by Crippen LogP contribution is 2.13. The molecule has 7 heteroatoms. The molecule has 2 heterocycles. The van der Waals surface area contributed by atoms with Gasteiger partial charge in [0.25, 0.3) is 5.91 Å². The number of carbonyl (C=O) groups excluding carboxylic acids is 1. The van der Waals surface area contributed by atoms with E-state index in [4.69, 9.17) is 5.26 Å².